The number of hydrogen-bond donors (Lipinski definition) is 1. The second-order valence-electron chi connectivity index (χ2n) is 4.98. The van der Waals surface area contributed by atoms with Crippen molar-refractivity contribution in [3.05, 3.63) is 81.8 Å². The minimum Gasteiger partial charge on any atom is -0.455 e. The van der Waals surface area contributed by atoms with Crippen molar-refractivity contribution in [3.63, 3.8) is 0 Å². The second-order valence-corrected chi connectivity index (χ2v) is 5.77. The van der Waals surface area contributed by atoms with Crippen LogP contribution in [0.3, 0.4) is 0 Å². The molecule has 0 unspecified atom stereocenters. The van der Waals surface area contributed by atoms with Crippen LogP contribution in [0.15, 0.2) is 64.1 Å². The molecule has 1 N–H and O–H groups in total. The number of carbonyl (C=O) groups excluding carboxylic acids is 1. The summed E-state index contributed by atoms with van der Waals surface area (Å²) in [7, 11) is 0. The third kappa shape index (κ3) is 3.90. The summed E-state index contributed by atoms with van der Waals surface area (Å²) in [6.07, 6.45) is 1.31. The first-order valence-corrected chi connectivity index (χ1v) is 7.94. The molecule has 0 fully saturated rings. The summed E-state index contributed by atoms with van der Waals surface area (Å²) in [6.45, 7) is 0. The van der Waals surface area contributed by atoms with Crippen LogP contribution in [0.2, 0.25) is 10.0 Å². The van der Waals surface area contributed by atoms with Crippen molar-refractivity contribution < 1.29 is 13.6 Å². The Balaban J connectivity index is 1.71. The van der Waals surface area contributed by atoms with E-state index >= 15 is 0 Å². The van der Waals surface area contributed by atoms with Crippen LogP contribution in [0, 0.1) is 5.82 Å². The summed E-state index contributed by atoms with van der Waals surface area (Å²) in [4.78, 5) is 11.8. The van der Waals surface area contributed by atoms with Crippen LogP contribution in [0.4, 0.5) is 4.39 Å². The number of amides is 1. The molecule has 126 valence electrons. The normalized spacial score (nSPS) is 11.0. The van der Waals surface area contributed by atoms with Gasteiger partial charge in [-0.3, -0.25) is 4.79 Å². The highest BCUT2D eigenvalue weighted by molar-refractivity contribution is 6.43. The van der Waals surface area contributed by atoms with Crippen LogP contribution in [0.1, 0.15) is 16.1 Å². The first-order valence-electron chi connectivity index (χ1n) is 7.18. The van der Waals surface area contributed by atoms with Gasteiger partial charge in [-0.15, -0.1) is 0 Å². The topological polar surface area (TPSA) is 54.6 Å². The Morgan fingerprint density at radius 3 is 2.68 bits per heavy atom. The van der Waals surface area contributed by atoms with Gasteiger partial charge in [-0.2, -0.15) is 5.10 Å². The molecular weight excluding hydrogens is 366 g/mol. The molecule has 3 aromatic rings. The van der Waals surface area contributed by atoms with Crippen LogP contribution < -0.4 is 5.43 Å². The van der Waals surface area contributed by atoms with E-state index in [1.54, 1.807) is 36.4 Å². The zero-order valence-electron chi connectivity index (χ0n) is 12.7. The molecule has 1 amide bonds. The van der Waals surface area contributed by atoms with Gasteiger partial charge in [0.05, 0.1) is 21.8 Å². The minimum absolute atomic E-state index is 0.0921. The molecule has 25 heavy (non-hydrogen) atoms. The van der Waals surface area contributed by atoms with Gasteiger partial charge >= 0.3 is 0 Å². The summed E-state index contributed by atoms with van der Waals surface area (Å²) in [5.74, 6) is -0.376. The van der Waals surface area contributed by atoms with Crippen molar-refractivity contribution in [2.45, 2.75) is 0 Å². The zero-order chi connectivity index (χ0) is 17.8. The summed E-state index contributed by atoms with van der Waals surface area (Å²) in [5, 5.41) is 4.57. The van der Waals surface area contributed by atoms with Gasteiger partial charge in [-0.25, -0.2) is 9.82 Å². The van der Waals surface area contributed by atoms with Crippen LogP contribution in [-0.2, 0) is 0 Å². The number of hydrazone groups is 1. The van der Waals surface area contributed by atoms with Crippen molar-refractivity contribution in [2.24, 2.45) is 5.10 Å². The monoisotopic (exact) mass is 376 g/mol. The molecule has 0 aliphatic carbocycles. The first kappa shape index (κ1) is 17.2. The molecule has 0 radical (unpaired) electrons. The standard InChI is InChI=1S/C18H11Cl2FN2O2/c19-14-6-3-5-13(17(14)20)16-9-8-11(25-16)10-22-23-18(24)12-4-1-2-7-15(12)21/h1-10H,(H,23,24)/b22-10-. The highest BCUT2D eigenvalue weighted by atomic mass is 35.5. The lowest BCUT2D eigenvalue weighted by Gasteiger charge is -2.02. The largest absolute Gasteiger partial charge is 0.455 e. The first-order chi connectivity index (χ1) is 12.1. The number of halogens is 3. The highest BCUT2D eigenvalue weighted by Crippen LogP contribution is 2.34. The van der Waals surface area contributed by atoms with Gasteiger partial charge in [0, 0.05) is 5.56 Å². The van der Waals surface area contributed by atoms with E-state index in [4.69, 9.17) is 27.6 Å². The number of nitrogens with one attached hydrogen (secondary N) is 1. The molecule has 4 nitrogen and oxygen atoms in total. The maximum atomic E-state index is 13.5. The van der Waals surface area contributed by atoms with Gasteiger partial charge in [0.15, 0.2) is 0 Å². The second kappa shape index (κ2) is 7.51. The number of furan rings is 1. The third-order valence-electron chi connectivity index (χ3n) is 3.32. The molecule has 0 saturated carbocycles. The van der Waals surface area contributed by atoms with Crippen LogP contribution in [0.25, 0.3) is 11.3 Å². The van der Waals surface area contributed by atoms with Crippen molar-refractivity contribution >= 4 is 35.3 Å². The number of carbonyl (C=O) groups is 1. The van der Waals surface area contributed by atoms with E-state index in [-0.39, 0.29) is 5.56 Å². The summed E-state index contributed by atoms with van der Waals surface area (Å²) in [6, 6.07) is 14.2. The Labute approximate surface area is 152 Å². The van der Waals surface area contributed by atoms with E-state index in [9.17, 15) is 9.18 Å². The van der Waals surface area contributed by atoms with Crippen molar-refractivity contribution in [1.82, 2.24) is 5.43 Å². The van der Waals surface area contributed by atoms with Gasteiger partial charge in [0.1, 0.15) is 17.3 Å². The van der Waals surface area contributed by atoms with Crippen molar-refractivity contribution in [3.8, 4) is 11.3 Å². The van der Waals surface area contributed by atoms with Gasteiger partial charge in [0.25, 0.3) is 5.91 Å². The highest BCUT2D eigenvalue weighted by Gasteiger charge is 2.11. The fourth-order valence-corrected chi connectivity index (χ4v) is 2.51. The minimum atomic E-state index is -0.654. The fourth-order valence-electron chi connectivity index (χ4n) is 2.12. The average Bonchev–Trinajstić information content (AvgIpc) is 3.06. The molecule has 3 rings (SSSR count). The molecule has 0 spiro atoms. The van der Waals surface area contributed by atoms with Crippen LogP contribution >= 0.6 is 23.2 Å². The molecular formula is C18H11Cl2FN2O2. The average molecular weight is 377 g/mol. The predicted octanol–water partition coefficient (Wildman–Crippen LogP) is 5.16. The van der Waals surface area contributed by atoms with Gasteiger partial charge in [0.2, 0.25) is 0 Å². The predicted molar refractivity (Wildman–Crippen MR) is 95.6 cm³/mol. The van der Waals surface area contributed by atoms with Gasteiger partial charge < -0.3 is 4.42 Å². The number of nitrogens with zero attached hydrogens (tertiary/aromatic N) is 1. The Kier molecular flexibility index (Phi) is 5.16. The maximum Gasteiger partial charge on any atom is 0.274 e. The van der Waals surface area contributed by atoms with E-state index in [1.807, 2.05) is 0 Å². The Morgan fingerprint density at radius 2 is 1.88 bits per heavy atom. The quantitative estimate of drug-likeness (QED) is 0.505. The van der Waals surface area contributed by atoms with Crippen molar-refractivity contribution in [2.75, 3.05) is 0 Å². The lowest BCUT2D eigenvalue weighted by molar-refractivity contribution is 0.0951. The number of benzene rings is 2. The van der Waals surface area contributed by atoms with E-state index in [0.717, 1.165) is 0 Å². The van der Waals surface area contributed by atoms with Crippen LogP contribution in [-0.4, -0.2) is 12.1 Å². The number of hydrogen-bond acceptors (Lipinski definition) is 3. The Hall–Kier alpha value is -2.63. The maximum absolute atomic E-state index is 13.5. The van der Waals surface area contributed by atoms with E-state index in [2.05, 4.69) is 10.5 Å². The molecule has 0 bridgehead atoms. The molecule has 0 aliphatic heterocycles. The lowest BCUT2D eigenvalue weighted by atomic mass is 10.2. The molecule has 0 aliphatic rings. The molecule has 0 saturated heterocycles. The molecule has 1 heterocycles. The Morgan fingerprint density at radius 1 is 1.08 bits per heavy atom. The molecule has 7 heteroatoms. The molecule has 1 aromatic heterocycles. The molecule has 0 atom stereocenters. The van der Waals surface area contributed by atoms with Crippen molar-refractivity contribution in [1.29, 1.82) is 0 Å². The third-order valence-corrected chi connectivity index (χ3v) is 4.14. The summed E-state index contributed by atoms with van der Waals surface area (Å²) >= 11 is 12.1. The molecule has 2 aromatic carbocycles. The van der Waals surface area contributed by atoms with E-state index in [1.165, 1.54) is 24.4 Å². The zero-order valence-corrected chi connectivity index (χ0v) is 14.2. The summed E-state index contributed by atoms with van der Waals surface area (Å²) in [5.41, 5.74) is 2.79. The Bertz CT molecular complexity index is 954. The van der Waals surface area contributed by atoms with Crippen LogP contribution in [0.5, 0.6) is 0 Å². The fraction of sp³-hybridized carbons (Fsp3) is 0. The van der Waals surface area contributed by atoms with Gasteiger partial charge in [-0.05, 0) is 36.4 Å². The van der Waals surface area contributed by atoms with E-state index < -0.39 is 11.7 Å². The smallest absolute Gasteiger partial charge is 0.274 e. The van der Waals surface area contributed by atoms with Gasteiger partial charge in [-0.1, -0.05) is 41.4 Å². The SMILES string of the molecule is O=C(N/N=C\c1ccc(-c2cccc(Cl)c2Cl)o1)c1ccccc1F. The number of rotatable bonds is 4. The lowest BCUT2D eigenvalue weighted by Crippen LogP contribution is -2.18. The summed E-state index contributed by atoms with van der Waals surface area (Å²) < 4.78 is 19.1. The van der Waals surface area contributed by atoms with E-state index in [0.29, 0.717) is 27.1 Å².